The molecule has 2 atom stereocenters. The lowest BCUT2D eigenvalue weighted by molar-refractivity contribution is 0.224. The van der Waals surface area contributed by atoms with Crippen LogP contribution in [0.2, 0.25) is 0 Å². The van der Waals surface area contributed by atoms with E-state index in [-0.39, 0.29) is 0 Å². The molecule has 0 saturated heterocycles. The number of hydrogen-bond acceptors (Lipinski definition) is 4. The van der Waals surface area contributed by atoms with E-state index >= 15 is 0 Å². The van der Waals surface area contributed by atoms with E-state index < -0.39 is 0 Å². The topological polar surface area (TPSA) is 28.2 Å². The number of thiazole rings is 1. The second-order valence-electron chi connectivity index (χ2n) is 5.85. The second-order valence-corrected chi connectivity index (χ2v) is 6.79. The molecule has 0 spiro atoms. The van der Waals surface area contributed by atoms with E-state index in [1.807, 2.05) is 5.51 Å². The summed E-state index contributed by atoms with van der Waals surface area (Å²) in [4.78, 5) is 8.23. The average Bonchev–Trinajstić information content (AvgIpc) is 2.65. The molecule has 1 saturated carbocycles. The summed E-state index contributed by atoms with van der Waals surface area (Å²) >= 11 is 1.78. The van der Waals surface area contributed by atoms with Gasteiger partial charge in [-0.15, -0.1) is 11.3 Å². The Morgan fingerprint density at radius 1 is 1.37 bits per heavy atom. The van der Waals surface area contributed by atoms with Crippen LogP contribution in [-0.4, -0.2) is 36.6 Å². The number of rotatable bonds is 5. The van der Waals surface area contributed by atoms with Crippen LogP contribution >= 0.6 is 11.3 Å². The Kier molecular flexibility index (Phi) is 5.79. The van der Waals surface area contributed by atoms with Crippen molar-refractivity contribution in [3.05, 3.63) is 16.1 Å². The number of nitrogens with zero attached hydrogens (tertiary/aromatic N) is 2. The van der Waals surface area contributed by atoms with Crippen molar-refractivity contribution in [1.29, 1.82) is 0 Å². The van der Waals surface area contributed by atoms with Crippen molar-refractivity contribution in [2.75, 3.05) is 20.6 Å². The van der Waals surface area contributed by atoms with Crippen LogP contribution in [0.3, 0.4) is 0 Å². The molecule has 0 aromatic carbocycles. The van der Waals surface area contributed by atoms with Crippen LogP contribution in [0, 0.1) is 12.8 Å². The molecule has 0 aliphatic heterocycles. The number of aryl methyl sites for hydroxylation is 1. The molecule has 4 heteroatoms. The van der Waals surface area contributed by atoms with E-state index in [1.54, 1.807) is 11.3 Å². The van der Waals surface area contributed by atoms with Gasteiger partial charge in [-0.25, -0.2) is 4.98 Å². The quantitative estimate of drug-likeness (QED) is 0.841. The Labute approximate surface area is 121 Å². The second kappa shape index (κ2) is 7.36. The Bertz CT molecular complexity index is 377. The van der Waals surface area contributed by atoms with Gasteiger partial charge < -0.3 is 10.2 Å². The molecule has 1 N–H and O–H groups in total. The van der Waals surface area contributed by atoms with Gasteiger partial charge in [-0.1, -0.05) is 19.3 Å². The van der Waals surface area contributed by atoms with Crippen molar-refractivity contribution < 1.29 is 0 Å². The first-order valence-electron chi connectivity index (χ1n) is 7.45. The fourth-order valence-electron chi connectivity index (χ4n) is 3.17. The molecule has 108 valence electrons. The van der Waals surface area contributed by atoms with Gasteiger partial charge in [0, 0.05) is 24.0 Å². The highest BCUT2D eigenvalue weighted by molar-refractivity contribution is 7.09. The first-order chi connectivity index (χ1) is 9.20. The van der Waals surface area contributed by atoms with Crippen molar-refractivity contribution in [2.45, 2.75) is 51.6 Å². The van der Waals surface area contributed by atoms with Gasteiger partial charge in [0.2, 0.25) is 0 Å². The van der Waals surface area contributed by atoms with Crippen molar-refractivity contribution in [1.82, 2.24) is 15.2 Å². The van der Waals surface area contributed by atoms with Crippen LogP contribution in [0.5, 0.6) is 0 Å². The summed E-state index contributed by atoms with van der Waals surface area (Å²) in [5.74, 6) is 0.797. The van der Waals surface area contributed by atoms with E-state index in [1.165, 1.54) is 49.2 Å². The summed E-state index contributed by atoms with van der Waals surface area (Å²) < 4.78 is 0. The van der Waals surface area contributed by atoms with Gasteiger partial charge in [0.25, 0.3) is 0 Å². The highest BCUT2D eigenvalue weighted by Crippen LogP contribution is 2.25. The minimum Gasteiger partial charge on any atom is -0.317 e. The number of hydrogen-bond donors (Lipinski definition) is 1. The van der Waals surface area contributed by atoms with Gasteiger partial charge in [0.15, 0.2) is 0 Å². The molecule has 1 fully saturated rings. The van der Waals surface area contributed by atoms with Crippen LogP contribution in [-0.2, 0) is 6.54 Å². The van der Waals surface area contributed by atoms with Gasteiger partial charge in [-0.3, -0.25) is 0 Å². The average molecular weight is 281 g/mol. The Morgan fingerprint density at radius 3 is 2.84 bits per heavy atom. The van der Waals surface area contributed by atoms with Gasteiger partial charge in [-0.2, -0.15) is 0 Å². The van der Waals surface area contributed by atoms with Crippen molar-refractivity contribution in [3.63, 3.8) is 0 Å². The van der Waals surface area contributed by atoms with Crippen molar-refractivity contribution in [2.24, 2.45) is 5.92 Å². The van der Waals surface area contributed by atoms with Gasteiger partial charge in [-0.05, 0) is 39.8 Å². The Hall–Kier alpha value is -0.450. The lowest BCUT2D eigenvalue weighted by atomic mass is 9.94. The molecular formula is C15H27N3S. The fraction of sp³-hybridized carbons (Fsp3) is 0.800. The first kappa shape index (κ1) is 14.9. The van der Waals surface area contributed by atoms with Gasteiger partial charge in [0.1, 0.15) is 0 Å². The van der Waals surface area contributed by atoms with Crippen LogP contribution in [0.1, 0.15) is 42.7 Å². The van der Waals surface area contributed by atoms with E-state index in [9.17, 15) is 0 Å². The highest BCUT2D eigenvalue weighted by Gasteiger charge is 2.23. The van der Waals surface area contributed by atoms with Gasteiger partial charge in [0.05, 0.1) is 11.2 Å². The smallest absolute Gasteiger partial charge is 0.0798 e. The minimum absolute atomic E-state index is 0.701. The standard InChI is InChI=1S/C15H27N3S/c1-12-15(19-11-17-12)10-18(3)9-13-7-5-4-6-8-14(13)16-2/h11,13-14,16H,4-10H2,1-3H3. The first-order valence-corrected chi connectivity index (χ1v) is 8.33. The highest BCUT2D eigenvalue weighted by atomic mass is 32.1. The third-order valence-electron chi connectivity index (χ3n) is 4.33. The SMILES string of the molecule is CNC1CCCCCC1CN(C)Cc1scnc1C. The summed E-state index contributed by atoms with van der Waals surface area (Å²) in [5, 5.41) is 3.53. The summed E-state index contributed by atoms with van der Waals surface area (Å²) in [7, 11) is 4.37. The third kappa shape index (κ3) is 4.26. The molecule has 3 nitrogen and oxygen atoms in total. The molecule has 0 radical (unpaired) electrons. The third-order valence-corrected chi connectivity index (χ3v) is 5.25. The number of nitrogens with one attached hydrogen (secondary N) is 1. The maximum absolute atomic E-state index is 4.34. The summed E-state index contributed by atoms with van der Waals surface area (Å²) in [6.07, 6.45) is 6.91. The molecule has 1 aliphatic rings. The van der Waals surface area contributed by atoms with E-state index in [0.29, 0.717) is 6.04 Å². The van der Waals surface area contributed by atoms with Crippen LogP contribution < -0.4 is 5.32 Å². The van der Waals surface area contributed by atoms with E-state index in [4.69, 9.17) is 0 Å². The van der Waals surface area contributed by atoms with E-state index in [0.717, 1.165) is 12.5 Å². The van der Waals surface area contributed by atoms with E-state index in [2.05, 4.69) is 36.2 Å². The maximum Gasteiger partial charge on any atom is 0.0798 e. The zero-order valence-electron chi connectivity index (χ0n) is 12.5. The Morgan fingerprint density at radius 2 is 2.16 bits per heavy atom. The molecule has 1 heterocycles. The lowest BCUT2D eigenvalue weighted by Crippen LogP contribution is -2.39. The predicted molar refractivity (Wildman–Crippen MR) is 82.6 cm³/mol. The summed E-state index contributed by atoms with van der Waals surface area (Å²) in [6, 6.07) is 0.701. The number of aromatic nitrogens is 1. The van der Waals surface area contributed by atoms with Gasteiger partial charge >= 0.3 is 0 Å². The molecule has 19 heavy (non-hydrogen) atoms. The summed E-state index contributed by atoms with van der Waals surface area (Å²) in [5.41, 5.74) is 3.16. The molecule has 2 rings (SSSR count). The van der Waals surface area contributed by atoms with Crippen LogP contribution in [0.15, 0.2) is 5.51 Å². The molecular weight excluding hydrogens is 254 g/mol. The van der Waals surface area contributed by atoms with Crippen molar-refractivity contribution in [3.8, 4) is 0 Å². The zero-order chi connectivity index (χ0) is 13.7. The molecule has 0 amide bonds. The fourth-order valence-corrected chi connectivity index (χ4v) is 4.03. The normalized spacial score (nSPS) is 24.6. The molecule has 1 aromatic rings. The maximum atomic E-state index is 4.34. The van der Waals surface area contributed by atoms with Crippen molar-refractivity contribution >= 4 is 11.3 Å². The minimum atomic E-state index is 0.701. The summed E-state index contributed by atoms with van der Waals surface area (Å²) in [6.45, 7) is 4.36. The molecule has 1 aromatic heterocycles. The van der Waals surface area contributed by atoms with Crippen LogP contribution in [0.4, 0.5) is 0 Å². The Balaban J connectivity index is 1.89. The zero-order valence-corrected chi connectivity index (χ0v) is 13.3. The molecule has 1 aliphatic carbocycles. The largest absolute Gasteiger partial charge is 0.317 e. The predicted octanol–water partition coefficient (Wildman–Crippen LogP) is 3.05. The monoisotopic (exact) mass is 281 g/mol. The van der Waals surface area contributed by atoms with Crippen LogP contribution in [0.25, 0.3) is 0 Å². The lowest BCUT2D eigenvalue weighted by Gasteiger charge is -2.29. The molecule has 2 unspecified atom stereocenters. The molecule has 0 bridgehead atoms.